The third-order valence-corrected chi connectivity index (χ3v) is 4.30. The van der Waals surface area contributed by atoms with Crippen molar-refractivity contribution < 1.29 is 8.78 Å². The van der Waals surface area contributed by atoms with Crippen LogP contribution in [0.3, 0.4) is 0 Å². The molecule has 0 spiro atoms. The molecule has 0 amide bonds. The lowest BCUT2D eigenvalue weighted by Crippen LogP contribution is -2.17. The monoisotopic (exact) mass is 302 g/mol. The van der Waals surface area contributed by atoms with Crippen LogP contribution in [0.4, 0.5) is 8.78 Å². The van der Waals surface area contributed by atoms with Crippen LogP contribution in [0.15, 0.2) is 60.7 Å². The zero-order chi connectivity index (χ0) is 15.8. The Labute approximate surface area is 132 Å². The van der Waals surface area contributed by atoms with Crippen molar-refractivity contribution in [2.45, 2.75) is 45.4 Å². The molecule has 0 aromatic heterocycles. The molecule has 1 aliphatic carbocycles. The maximum Gasteiger partial charge on any atom is 0.267 e. The van der Waals surface area contributed by atoms with Gasteiger partial charge in [0.1, 0.15) is 0 Å². The minimum atomic E-state index is -1.57. The number of rotatable bonds is 7. The van der Waals surface area contributed by atoms with Gasteiger partial charge in [0.2, 0.25) is 0 Å². The maximum absolute atomic E-state index is 12.9. The molecular weight excluding hydrogens is 278 g/mol. The average Bonchev–Trinajstić information content (AvgIpc) is 2.53. The van der Waals surface area contributed by atoms with E-state index in [1.165, 1.54) is 6.42 Å². The van der Waals surface area contributed by atoms with Crippen LogP contribution in [0.5, 0.6) is 0 Å². The van der Waals surface area contributed by atoms with Crippen LogP contribution in [-0.4, -0.2) is 0 Å². The van der Waals surface area contributed by atoms with Gasteiger partial charge in [-0.15, -0.1) is 0 Å². The first kappa shape index (κ1) is 16.7. The van der Waals surface area contributed by atoms with Gasteiger partial charge in [-0.25, -0.2) is 0 Å². The fraction of sp³-hybridized carbons (Fsp3) is 0.400. The Morgan fingerprint density at radius 3 is 2.50 bits per heavy atom. The van der Waals surface area contributed by atoms with Gasteiger partial charge in [-0.3, -0.25) is 0 Å². The lowest BCUT2D eigenvalue weighted by atomic mass is 9.75. The summed E-state index contributed by atoms with van der Waals surface area (Å²) in [4.78, 5) is 0. The Kier molecular flexibility index (Phi) is 6.11. The molecule has 0 radical (unpaired) electrons. The molecule has 118 valence electrons. The second kappa shape index (κ2) is 8.07. The third kappa shape index (κ3) is 4.66. The fourth-order valence-electron chi connectivity index (χ4n) is 3.00. The van der Waals surface area contributed by atoms with Crippen molar-refractivity contribution >= 4 is 5.57 Å². The van der Waals surface area contributed by atoms with Gasteiger partial charge in [-0.05, 0) is 30.1 Å². The van der Waals surface area contributed by atoms with E-state index < -0.39 is 11.5 Å². The van der Waals surface area contributed by atoms with Crippen molar-refractivity contribution in [3.8, 4) is 0 Å². The molecule has 0 bridgehead atoms. The molecule has 0 heterocycles. The number of benzene rings is 1. The quantitative estimate of drug-likeness (QED) is 0.488. The van der Waals surface area contributed by atoms with Crippen molar-refractivity contribution in [1.82, 2.24) is 0 Å². The van der Waals surface area contributed by atoms with E-state index in [1.807, 2.05) is 30.4 Å². The largest absolute Gasteiger partial charge is 0.267 e. The molecule has 2 heteroatoms. The van der Waals surface area contributed by atoms with Gasteiger partial charge in [0.25, 0.3) is 6.08 Å². The van der Waals surface area contributed by atoms with Crippen LogP contribution in [0.2, 0.25) is 0 Å². The van der Waals surface area contributed by atoms with Gasteiger partial charge in [0.15, 0.2) is 0 Å². The lowest BCUT2D eigenvalue weighted by Gasteiger charge is -2.29. The molecule has 1 aliphatic rings. The number of hydrogen-bond acceptors (Lipinski definition) is 0. The van der Waals surface area contributed by atoms with Crippen LogP contribution >= 0.6 is 0 Å². The summed E-state index contributed by atoms with van der Waals surface area (Å²) >= 11 is 0. The van der Waals surface area contributed by atoms with E-state index in [0.29, 0.717) is 6.42 Å². The highest BCUT2D eigenvalue weighted by atomic mass is 19.3. The van der Waals surface area contributed by atoms with Gasteiger partial charge >= 0.3 is 0 Å². The molecule has 1 aromatic carbocycles. The van der Waals surface area contributed by atoms with E-state index in [4.69, 9.17) is 0 Å². The topological polar surface area (TPSA) is 0 Å². The van der Waals surface area contributed by atoms with E-state index >= 15 is 0 Å². The lowest BCUT2D eigenvalue weighted by molar-refractivity contribution is 0.366. The molecule has 1 unspecified atom stereocenters. The molecule has 0 saturated heterocycles. The van der Waals surface area contributed by atoms with Crippen LogP contribution < -0.4 is 0 Å². The smallest absolute Gasteiger partial charge is 0.174 e. The molecule has 1 atom stereocenters. The zero-order valence-electron chi connectivity index (χ0n) is 13.2. The molecule has 22 heavy (non-hydrogen) atoms. The Morgan fingerprint density at radius 2 is 1.91 bits per heavy atom. The molecule has 0 nitrogen and oxygen atoms in total. The Bertz CT molecular complexity index is 550. The second-order valence-electron chi connectivity index (χ2n) is 6.04. The second-order valence-corrected chi connectivity index (χ2v) is 6.04. The Balaban J connectivity index is 2.09. The van der Waals surface area contributed by atoms with Crippen LogP contribution in [-0.2, 0) is 0 Å². The highest BCUT2D eigenvalue weighted by molar-refractivity contribution is 5.75. The minimum absolute atomic E-state index is 0.509. The Morgan fingerprint density at radius 1 is 1.14 bits per heavy atom. The SMILES string of the molecule is CCCCCCC1(C=C(F)F)C=CC(c2ccccc2)=CC1. The van der Waals surface area contributed by atoms with Gasteiger partial charge in [0.05, 0.1) is 0 Å². The summed E-state index contributed by atoms with van der Waals surface area (Å²) < 4.78 is 25.7. The summed E-state index contributed by atoms with van der Waals surface area (Å²) in [6.45, 7) is 2.16. The third-order valence-electron chi connectivity index (χ3n) is 4.30. The highest BCUT2D eigenvalue weighted by Crippen LogP contribution is 2.40. The first-order valence-corrected chi connectivity index (χ1v) is 8.14. The minimum Gasteiger partial charge on any atom is -0.174 e. The maximum atomic E-state index is 12.9. The summed E-state index contributed by atoms with van der Waals surface area (Å²) in [6, 6.07) is 10.1. The van der Waals surface area contributed by atoms with Gasteiger partial charge in [0, 0.05) is 5.41 Å². The van der Waals surface area contributed by atoms with Crippen molar-refractivity contribution in [2.75, 3.05) is 0 Å². The number of hydrogen-bond donors (Lipinski definition) is 0. The predicted octanol–water partition coefficient (Wildman–Crippen LogP) is 6.77. The first-order chi connectivity index (χ1) is 10.7. The number of halogens is 2. The summed E-state index contributed by atoms with van der Waals surface area (Å²) in [5.74, 6) is 0. The highest BCUT2D eigenvalue weighted by Gasteiger charge is 2.27. The summed E-state index contributed by atoms with van der Waals surface area (Å²) in [7, 11) is 0. The van der Waals surface area contributed by atoms with E-state index in [0.717, 1.165) is 42.9 Å². The number of allylic oxidation sites excluding steroid dienone is 5. The average molecular weight is 302 g/mol. The Hall–Kier alpha value is -1.70. The molecule has 0 aliphatic heterocycles. The summed E-state index contributed by atoms with van der Waals surface area (Å²) in [5, 5.41) is 0. The van der Waals surface area contributed by atoms with Crippen molar-refractivity contribution in [2.24, 2.45) is 5.41 Å². The molecule has 0 saturated carbocycles. The number of unbranched alkanes of at least 4 members (excludes halogenated alkanes) is 3. The van der Waals surface area contributed by atoms with Crippen LogP contribution in [0.1, 0.15) is 51.0 Å². The normalized spacial score (nSPS) is 20.6. The van der Waals surface area contributed by atoms with E-state index in [-0.39, 0.29) is 0 Å². The summed E-state index contributed by atoms with van der Waals surface area (Å²) in [5.41, 5.74) is 1.76. The van der Waals surface area contributed by atoms with Crippen LogP contribution in [0.25, 0.3) is 5.57 Å². The zero-order valence-corrected chi connectivity index (χ0v) is 13.2. The van der Waals surface area contributed by atoms with Gasteiger partial charge in [-0.1, -0.05) is 81.2 Å². The molecule has 1 aromatic rings. The van der Waals surface area contributed by atoms with Gasteiger partial charge in [-0.2, -0.15) is 8.78 Å². The predicted molar refractivity (Wildman–Crippen MR) is 89.7 cm³/mol. The molecule has 2 rings (SSSR count). The standard InChI is InChI=1S/C20H24F2/c1-2-3-4-8-13-20(16-19(21)22)14-11-18(12-15-20)17-9-6-5-7-10-17/h5-7,9-12,14,16H,2-4,8,13,15H2,1H3. The molecule has 0 N–H and O–H groups in total. The molecule has 0 fully saturated rings. The van der Waals surface area contributed by atoms with E-state index in [1.54, 1.807) is 0 Å². The first-order valence-electron chi connectivity index (χ1n) is 8.14. The van der Waals surface area contributed by atoms with Crippen molar-refractivity contribution in [3.63, 3.8) is 0 Å². The van der Waals surface area contributed by atoms with E-state index in [2.05, 4.69) is 25.1 Å². The van der Waals surface area contributed by atoms with E-state index in [9.17, 15) is 8.78 Å². The van der Waals surface area contributed by atoms with Crippen molar-refractivity contribution in [1.29, 1.82) is 0 Å². The van der Waals surface area contributed by atoms with Crippen molar-refractivity contribution in [3.05, 3.63) is 66.3 Å². The molecular formula is C20H24F2. The van der Waals surface area contributed by atoms with Gasteiger partial charge < -0.3 is 0 Å². The summed E-state index contributed by atoms with van der Waals surface area (Å²) in [6.07, 6.45) is 11.5. The fourth-order valence-corrected chi connectivity index (χ4v) is 3.00. The van der Waals surface area contributed by atoms with Crippen LogP contribution in [0, 0.1) is 5.41 Å².